The largest absolute Gasteiger partial charge is 0.508 e. The Morgan fingerprint density at radius 1 is 0.321 bits per heavy atom. The van der Waals surface area contributed by atoms with E-state index in [0.717, 1.165) is 0 Å². The summed E-state index contributed by atoms with van der Waals surface area (Å²) in [5, 5.41) is 36.4. The van der Waals surface area contributed by atoms with Crippen LogP contribution in [0.5, 0.6) is 23.0 Å². The average Bonchev–Trinajstić information content (AvgIpc) is 2.71. The lowest BCUT2D eigenvalue weighted by Gasteiger charge is -2.05. The van der Waals surface area contributed by atoms with E-state index in [-0.39, 0.29) is 11.5 Å². The summed E-state index contributed by atoms with van der Waals surface area (Å²) in [5.41, 5.74) is 1.29. The van der Waals surface area contributed by atoms with Crippen molar-refractivity contribution in [3.05, 3.63) is 109 Å². The molecule has 0 fully saturated rings. The molecule has 28 heavy (non-hydrogen) atoms. The highest BCUT2D eigenvalue weighted by molar-refractivity contribution is 5.74. The van der Waals surface area contributed by atoms with Crippen molar-refractivity contribution in [2.75, 3.05) is 0 Å². The highest BCUT2D eigenvalue weighted by Gasteiger charge is 2.06. The molecule has 0 saturated carbocycles. The minimum atomic E-state index is 0.175. The Morgan fingerprint density at radius 2 is 0.607 bits per heavy atom. The van der Waals surface area contributed by atoms with Gasteiger partial charge in [0.05, 0.1) is 0 Å². The summed E-state index contributed by atoms with van der Waals surface area (Å²) in [7, 11) is 0. The topological polar surface area (TPSA) is 80.9 Å². The van der Waals surface area contributed by atoms with Crippen LogP contribution in [0.2, 0.25) is 0 Å². The van der Waals surface area contributed by atoms with Gasteiger partial charge in [-0.1, -0.05) is 72.8 Å². The van der Waals surface area contributed by atoms with E-state index in [1.165, 1.54) is 0 Å². The smallest absolute Gasteiger partial charge is 0.123 e. The standard InChI is InChI=1S/C12H10O2.2C6H6O/c13-11-7-3-1-5-9(11)10-6-2-4-8-12(10)14;2*7-6-4-2-1-3-5-6/h1-8,13-14H;2*1-5,7H. The van der Waals surface area contributed by atoms with E-state index in [2.05, 4.69) is 0 Å². The van der Waals surface area contributed by atoms with Gasteiger partial charge in [0, 0.05) is 11.1 Å². The summed E-state index contributed by atoms with van der Waals surface area (Å²) >= 11 is 0. The molecule has 0 radical (unpaired) electrons. The Balaban J connectivity index is 0.000000168. The summed E-state index contributed by atoms with van der Waals surface area (Å²) in [6.07, 6.45) is 0. The molecule has 4 rings (SSSR count). The number of benzene rings is 4. The summed E-state index contributed by atoms with van der Waals surface area (Å²) in [6, 6.07) is 31.3. The van der Waals surface area contributed by atoms with Crippen molar-refractivity contribution >= 4 is 0 Å². The van der Waals surface area contributed by atoms with Gasteiger partial charge in [0.25, 0.3) is 0 Å². The van der Waals surface area contributed by atoms with Crippen molar-refractivity contribution in [3.8, 4) is 34.1 Å². The molecule has 0 aliphatic rings. The molecule has 0 aliphatic carbocycles. The number of phenolic OH excluding ortho intramolecular Hbond substituents is 4. The fourth-order valence-corrected chi connectivity index (χ4v) is 2.26. The lowest BCUT2D eigenvalue weighted by molar-refractivity contribution is 0.469. The molecule has 4 N–H and O–H groups in total. The molecule has 4 nitrogen and oxygen atoms in total. The van der Waals surface area contributed by atoms with E-state index >= 15 is 0 Å². The fourth-order valence-electron chi connectivity index (χ4n) is 2.26. The Bertz CT molecular complexity index is 873. The third-order valence-corrected chi connectivity index (χ3v) is 3.61. The average molecular weight is 374 g/mol. The molecule has 0 atom stereocenters. The van der Waals surface area contributed by atoms with Gasteiger partial charge in [-0.15, -0.1) is 0 Å². The maximum Gasteiger partial charge on any atom is 0.123 e. The molecule has 0 unspecified atom stereocenters. The van der Waals surface area contributed by atoms with Crippen molar-refractivity contribution < 1.29 is 20.4 Å². The lowest BCUT2D eigenvalue weighted by atomic mass is 10.0. The fraction of sp³-hybridized carbons (Fsp3) is 0. The minimum Gasteiger partial charge on any atom is -0.508 e. The first-order chi connectivity index (χ1) is 13.6. The van der Waals surface area contributed by atoms with Crippen molar-refractivity contribution in [1.29, 1.82) is 0 Å². The molecule has 4 heteroatoms. The Morgan fingerprint density at radius 3 is 0.857 bits per heavy atom. The maximum atomic E-state index is 9.58. The number of hydrogen-bond donors (Lipinski definition) is 4. The van der Waals surface area contributed by atoms with Gasteiger partial charge in [-0.25, -0.2) is 0 Å². The van der Waals surface area contributed by atoms with E-state index in [0.29, 0.717) is 22.6 Å². The normalized spacial score (nSPS) is 9.29. The first kappa shape index (κ1) is 20.4. The number of aromatic hydroxyl groups is 4. The minimum absolute atomic E-state index is 0.175. The SMILES string of the molecule is Oc1ccccc1.Oc1ccccc1.Oc1ccccc1-c1ccccc1O. The van der Waals surface area contributed by atoms with E-state index in [1.807, 2.05) is 24.3 Å². The van der Waals surface area contributed by atoms with Crippen LogP contribution in [0.3, 0.4) is 0 Å². The molecular weight excluding hydrogens is 352 g/mol. The first-order valence-electron chi connectivity index (χ1n) is 8.62. The van der Waals surface area contributed by atoms with Gasteiger partial charge in [-0.05, 0) is 36.4 Å². The van der Waals surface area contributed by atoms with Crippen molar-refractivity contribution in [1.82, 2.24) is 0 Å². The Labute approximate surface area is 164 Å². The third kappa shape index (κ3) is 6.77. The van der Waals surface area contributed by atoms with Gasteiger partial charge >= 0.3 is 0 Å². The second kappa shape index (κ2) is 10.9. The molecule has 142 valence electrons. The van der Waals surface area contributed by atoms with Gasteiger partial charge < -0.3 is 20.4 Å². The molecule has 0 heterocycles. The number of rotatable bonds is 1. The van der Waals surface area contributed by atoms with Crippen molar-refractivity contribution in [3.63, 3.8) is 0 Å². The quantitative estimate of drug-likeness (QED) is 0.352. The van der Waals surface area contributed by atoms with Crippen LogP contribution in [0.1, 0.15) is 0 Å². The number of phenols is 4. The zero-order chi connectivity index (χ0) is 20.2. The number of para-hydroxylation sites is 4. The molecule has 0 spiro atoms. The molecule has 0 bridgehead atoms. The van der Waals surface area contributed by atoms with Crippen LogP contribution in [-0.2, 0) is 0 Å². The van der Waals surface area contributed by atoms with Crippen LogP contribution in [-0.4, -0.2) is 20.4 Å². The zero-order valence-electron chi connectivity index (χ0n) is 15.2. The predicted octanol–water partition coefficient (Wildman–Crippen LogP) is 5.55. The van der Waals surface area contributed by atoms with Gasteiger partial charge in [-0.3, -0.25) is 0 Å². The molecule has 0 aromatic heterocycles. The second-order valence-corrected chi connectivity index (χ2v) is 5.71. The van der Waals surface area contributed by atoms with Crippen LogP contribution >= 0.6 is 0 Å². The molecule has 0 saturated heterocycles. The predicted molar refractivity (Wildman–Crippen MR) is 111 cm³/mol. The van der Waals surface area contributed by atoms with Crippen LogP contribution in [0.25, 0.3) is 11.1 Å². The van der Waals surface area contributed by atoms with Gasteiger partial charge in [0.2, 0.25) is 0 Å². The highest BCUT2D eigenvalue weighted by atomic mass is 16.3. The second-order valence-electron chi connectivity index (χ2n) is 5.71. The van der Waals surface area contributed by atoms with E-state index < -0.39 is 0 Å². The summed E-state index contributed by atoms with van der Waals surface area (Å²) in [4.78, 5) is 0. The van der Waals surface area contributed by atoms with Gasteiger partial charge in [0.1, 0.15) is 23.0 Å². The van der Waals surface area contributed by atoms with E-state index in [4.69, 9.17) is 10.2 Å². The van der Waals surface area contributed by atoms with Crippen molar-refractivity contribution in [2.45, 2.75) is 0 Å². The van der Waals surface area contributed by atoms with Gasteiger partial charge in [-0.2, -0.15) is 0 Å². The summed E-state index contributed by atoms with van der Waals surface area (Å²) in [5.74, 6) is 0.994. The van der Waals surface area contributed by atoms with Crippen LogP contribution in [0, 0.1) is 0 Å². The maximum absolute atomic E-state index is 9.58. The highest BCUT2D eigenvalue weighted by Crippen LogP contribution is 2.34. The number of hydrogen-bond acceptors (Lipinski definition) is 4. The van der Waals surface area contributed by atoms with Crippen LogP contribution < -0.4 is 0 Å². The van der Waals surface area contributed by atoms with Crippen LogP contribution in [0.4, 0.5) is 0 Å². The molecule has 0 amide bonds. The molecule has 4 aromatic rings. The summed E-state index contributed by atoms with van der Waals surface area (Å²) < 4.78 is 0. The van der Waals surface area contributed by atoms with Crippen molar-refractivity contribution in [2.24, 2.45) is 0 Å². The molecular formula is C24H22O4. The van der Waals surface area contributed by atoms with E-state index in [1.54, 1.807) is 84.9 Å². The van der Waals surface area contributed by atoms with Crippen LogP contribution in [0.15, 0.2) is 109 Å². The summed E-state index contributed by atoms with van der Waals surface area (Å²) in [6.45, 7) is 0. The monoisotopic (exact) mass is 374 g/mol. The van der Waals surface area contributed by atoms with Gasteiger partial charge in [0.15, 0.2) is 0 Å². The first-order valence-corrected chi connectivity index (χ1v) is 8.62. The molecule has 4 aromatic carbocycles. The zero-order valence-corrected chi connectivity index (χ0v) is 15.2. The molecule has 0 aliphatic heterocycles. The Hall–Kier alpha value is -3.92. The third-order valence-electron chi connectivity index (χ3n) is 3.61. The Kier molecular flexibility index (Phi) is 7.96. The lowest BCUT2D eigenvalue weighted by Crippen LogP contribution is -1.79. The van der Waals surface area contributed by atoms with E-state index in [9.17, 15) is 10.2 Å².